The number of rotatable bonds is 6. The fourth-order valence-corrected chi connectivity index (χ4v) is 4.20. The van der Waals surface area contributed by atoms with Crippen molar-refractivity contribution in [2.24, 2.45) is 0 Å². The van der Waals surface area contributed by atoms with Gasteiger partial charge in [0.05, 0.1) is 40.2 Å². The summed E-state index contributed by atoms with van der Waals surface area (Å²) in [5.74, 6) is 0.484. The highest BCUT2D eigenvalue weighted by Gasteiger charge is 2.35. The molecule has 1 aliphatic rings. The van der Waals surface area contributed by atoms with Gasteiger partial charge in [-0.3, -0.25) is 14.5 Å². The molecule has 0 atom stereocenters. The van der Waals surface area contributed by atoms with E-state index in [1.165, 1.54) is 7.11 Å². The molecule has 0 aliphatic carbocycles. The second kappa shape index (κ2) is 9.30. The Morgan fingerprint density at radius 3 is 2.48 bits per heavy atom. The van der Waals surface area contributed by atoms with Crippen LogP contribution in [0.25, 0.3) is 6.08 Å². The van der Waals surface area contributed by atoms with Gasteiger partial charge in [0.1, 0.15) is 0 Å². The maximum absolute atomic E-state index is 12.8. The number of carbonyl (C=O) groups is 2. The van der Waals surface area contributed by atoms with Gasteiger partial charge in [0.15, 0.2) is 11.5 Å². The lowest BCUT2D eigenvalue weighted by molar-refractivity contribution is -0.123. The SMILES string of the molecule is CCOc1cc(/C=C2\SC(=O)N(Cc3ccc(Cl)c(Cl)c3)C2=O)cc(Cl)c1OC. The van der Waals surface area contributed by atoms with Crippen molar-refractivity contribution in [3.63, 3.8) is 0 Å². The van der Waals surface area contributed by atoms with Crippen LogP contribution in [0.1, 0.15) is 18.1 Å². The summed E-state index contributed by atoms with van der Waals surface area (Å²) >= 11 is 19.1. The molecule has 0 unspecified atom stereocenters. The Labute approximate surface area is 187 Å². The summed E-state index contributed by atoms with van der Waals surface area (Å²) in [6.07, 6.45) is 1.60. The van der Waals surface area contributed by atoms with Gasteiger partial charge in [-0.1, -0.05) is 40.9 Å². The van der Waals surface area contributed by atoms with Crippen LogP contribution >= 0.6 is 46.6 Å². The molecule has 29 heavy (non-hydrogen) atoms. The van der Waals surface area contributed by atoms with E-state index in [-0.39, 0.29) is 11.8 Å². The number of ether oxygens (including phenoxy) is 2. The number of hydrogen-bond donors (Lipinski definition) is 0. The van der Waals surface area contributed by atoms with Gasteiger partial charge in [-0.05, 0) is 60.2 Å². The smallest absolute Gasteiger partial charge is 0.293 e. The quantitative estimate of drug-likeness (QED) is 0.462. The maximum atomic E-state index is 12.8. The molecule has 0 N–H and O–H groups in total. The van der Waals surface area contributed by atoms with Crippen molar-refractivity contribution in [2.75, 3.05) is 13.7 Å². The monoisotopic (exact) mass is 471 g/mol. The predicted octanol–water partition coefficient (Wildman–Crippen LogP) is 6.29. The minimum absolute atomic E-state index is 0.104. The summed E-state index contributed by atoms with van der Waals surface area (Å²) in [7, 11) is 1.50. The lowest BCUT2D eigenvalue weighted by Gasteiger charge is -2.13. The van der Waals surface area contributed by atoms with Crippen LogP contribution in [-0.2, 0) is 11.3 Å². The Hall–Kier alpha value is -1.86. The first-order valence-electron chi connectivity index (χ1n) is 8.53. The van der Waals surface area contributed by atoms with Crippen molar-refractivity contribution in [3.8, 4) is 11.5 Å². The Morgan fingerprint density at radius 2 is 1.83 bits per heavy atom. The highest BCUT2D eigenvalue weighted by atomic mass is 35.5. The molecule has 1 saturated heterocycles. The van der Waals surface area contributed by atoms with Crippen LogP contribution in [0, 0.1) is 0 Å². The molecule has 0 aromatic heterocycles. The van der Waals surface area contributed by atoms with Crippen LogP contribution in [0.4, 0.5) is 4.79 Å². The standard InChI is InChI=1S/C20H16Cl3NO4S/c1-3-28-16-8-12(7-15(23)18(16)27-2)9-17-19(25)24(20(26)29-17)10-11-4-5-13(21)14(22)6-11/h4-9H,3,10H2,1-2H3/b17-9-. The number of nitrogens with zero attached hydrogens (tertiary/aromatic N) is 1. The van der Waals surface area contributed by atoms with Crippen LogP contribution in [0.15, 0.2) is 35.2 Å². The van der Waals surface area contributed by atoms with E-state index in [4.69, 9.17) is 44.3 Å². The second-order valence-electron chi connectivity index (χ2n) is 5.98. The van der Waals surface area contributed by atoms with Crippen LogP contribution < -0.4 is 9.47 Å². The van der Waals surface area contributed by atoms with Gasteiger partial charge in [-0.15, -0.1) is 0 Å². The second-order valence-corrected chi connectivity index (χ2v) is 8.20. The topological polar surface area (TPSA) is 55.8 Å². The highest BCUT2D eigenvalue weighted by molar-refractivity contribution is 8.18. The number of halogens is 3. The molecule has 0 bridgehead atoms. The van der Waals surface area contributed by atoms with Crippen LogP contribution in [-0.4, -0.2) is 29.8 Å². The van der Waals surface area contributed by atoms with Crippen molar-refractivity contribution in [1.29, 1.82) is 0 Å². The summed E-state index contributed by atoms with van der Waals surface area (Å²) in [4.78, 5) is 26.6. The highest BCUT2D eigenvalue weighted by Crippen LogP contribution is 2.39. The zero-order valence-corrected chi connectivity index (χ0v) is 18.6. The van der Waals surface area contributed by atoms with Crippen molar-refractivity contribution in [2.45, 2.75) is 13.5 Å². The summed E-state index contributed by atoms with van der Waals surface area (Å²) in [5, 5.41) is 0.755. The lowest BCUT2D eigenvalue weighted by atomic mass is 10.1. The van der Waals surface area contributed by atoms with Crippen molar-refractivity contribution in [1.82, 2.24) is 4.90 Å². The molecular formula is C20H16Cl3NO4S. The van der Waals surface area contributed by atoms with Gasteiger partial charge in [-0.2, -0.15) is 0 Å². The summed E-state index contributed by atoms with van der Waals surface area (Å²) in [6, 6.07) is 8.34. The number of hydrogen-bond acceptors (Lipinski definition) is 5. The van der Waals surface area contributed by atoms with Crippen LogP contribution in [0.3, 0.4) is 0 Å². The summed E-state index contributed by atoms with van der Waals surface area (Å²) < 4.78 is 10.8. The van der Waals surface area contributed by atoms with E-state index in [1.54, 1.807) is 36.4 Å². The molecule has 2 amide bonds. The number of carbonyl (C=O) groups excluding carboxylic acids is 2. The average molecular weight is 473 g/mol. The largest absolute Gasteiger partial charge is 0.491 e. The predicted molar refractivity (Wildman–Crippen MR) is 117 cm³/mol. The minimum Gasteiger partial charge on any atom is -0.491 e. The molecule has 152 valence electrons. The number of amides is 2. The van der Waals surface area contributed by atoms with Crippen molar-refractivity contribution in [3.05, 3.63) is 61.4 Å². The average Bonchev–Trinajstić information content (AvgIpc) is 2.92. The molecule has 1 fully saturated rings. The molecule has 3 rings (SSSR count). The zero-order valence-electron chi connectivity index (χ0n) is 15.5. The van der Waals surface area contributed by atoms with Gasteiger partial charge >= 0.3 is 0 Å². The molecule has 5 nitrogen and oxygen atoms in total. The van der Waals surface area contributed by atoms with Crippen LogP contribution in [0.5, 0.6) is 11.5 Å². The maximum Gasteiger partial charge on any atom is 0.293 e. The van der Waals surface area contributed by atoms with E-state index in [1.807, 2.05) is 6.92 Å². The van der Waals surface area contributed by atoms with Gasteiger partial charge in [0, 0.05) is 0 Å². The molecule has 1 heterocycles. The number of benzene rings is 2. The molecule has 0 saturated carbocycles. The first kappa shape index (κ1) is 21.8. The van der Waals surface area contributed by atoms with E-state index in [9.17, 15) is 9.59 Å². The van der Waals surface area contributed by atoms with Gasteiger partial charge < -0.3 is 9.47 Å². The molecule has 0 radical (unpaired) electrons. The normalized spacial score (nSPS) is 15.3. The van der Waals surface area contributed by atoms with E-state index in [0.29, 0.717) is 49.2 Å². The Bertz CT molecular complexity index is 1010. The summed E-state index contributed by atoms with van der Waals surface area (Å²) in [6.45, 7) is 2.37. The van der Waals surface area contributed by atoms with E-state index < -0.39 is 5.91 Å². The summed E-state index contributed by atoms with van der Waals surface area (Å²) in [5.41, 5.74) is 1.33. The number of imide groups is 1. The fraction of sp³-hybridized carbons (Fsp3) is 0.200. The first-order chi connectivity index (χ1) is 13.8. The minimum atomic E-state index is -0.393. The Morgan fingerprint density at radius 1 is 1.07 bits per heavy atom. The first-order valence-corrected chi connectivity index (χ1v) is 10.5. The molecule has 2 aromatic rings. The third kappa shape index (κ3) is 4.83. The fourth-order valence-electron chi connectivity index (χ4n) is 2.74. The lowest BCUT2D eigenvalue weighted by Crippen LogP contribution is -2.27. The number of thioether (sulfide) groups is 1. The molecule has 1 aliphatic heterocycles. The zero-order chi connectivity index (χ0) is 21.1. The van der Waals surface area contributed by atoms with Crippen molar-refractivity contribution < 1.29 is 19.1 Å². The number of methoxy groups -OCH3 is 1. The Balaban J connectivity index is 1.87. The van der Waals surface area contributed by atoms with E-state index >= 15 is 0 Å². The molecular weight excluding hydrogens is 457 g/mol. The van der Waals surface area contributed by atoms with Crippen molar-refractivity contribution >= 4 is 63.8 Å². The van der Waals surface area contributed by atoms with E-state index in [2.05, 4.69) is 0 Å². The third-order valence-electron chi connectivity index (χ3n) is 4.03. The molecule has 2 aromatic carbocycles. The molecule has 0 spiro atoms. The van der Waals surface area contributed by atoms with Gasteiger partial charge in [0.2, 0.25) is 0 Å². The molecule has 9 heteroatoms. The third-order valence-corrected chi connectivity index (χ3v) is 5.96. The van der Waals surface area contributed by atoms with Gasteiger partial charge in [0.25, 0.3) is 11.1 Å². The van der Waals surface area contributed by atoms with E-state index in [0.717, 1.165) is 16.7 Å². The van der Waals surface area contributed by atoms with Gasteiger partial charge in [-0.25, -0.2) is 0 Å². The Kier molecular flexibility index (Phi) is 7.01. The van der Waals surface area contributed by atoms with Crippen LogP contribution in [0.2, 0.25) is 15.1 Å².